The van der Waals surface area contributed by atoms with E-state index >= 15 is 0 Å². The van der Waals surface area contributed by atoms with Crippen LogP contribution in [0.3, 0.4) is 0 Å². The molecule has 0 spiro atoms. The lowest BCUT2D eigenvalue weighted by Gasteiger charge is -2.08. The Balaban J connectivity index is 2.88. The maximum absolute atomic E-state index is 13.3. The third-order valence-electron chi connectivity index (χ3n) is 1.66. The molecule has 0 atom stereocenters. The van der Waals surface area contributed by atoms with Crippen molar-refractivity contribution in [3.63, 3.8) is 0 Å². The van der Waals surface area contributed by atoms with Gasteiger partial charge in [0.05, 0.1) is 4.47 Å². The third-order valence-corrected chi connectivity index (χ3v) is 2.27. The highest BCUT2D eigenvalue weighted by Crippen LogP contribution is 2.26. The standard InChI is InChI=1S/C9H9BrFNO2/c1-5-7(14-4-8(12)13)3-2-6(10)9(5)11/h2-3H,4H2,1H3,(H2,12,13). The molecule has 1 aromatic carbocycles. The van der Waals surface area contributed by atoms with Crippen molar-refractivity contribution in [1.29, 1.82) is 0 Å². The van der Waals surface area contributed by atoms with Gasteiger partial charge in [-0.25, -0.2) is 4.39 Å². The quantitative estimate of drug-likeness (QED) is 0.902. The Kier molecular flexibility index (Phi) is 3.46. The first-order chi connectivity index (χ1) is 6.52. The van der Waals surface area contributed by atoms with Crippen molar-refractivity contribution in [2.24, 2.45) is 5.73 Å². The van der Waals surface area contributed by atoms with Gasteiger partial charge in [0.25, 0.3) is 5.91 Å². The first-order valence-electron chi connectivity index (χ1n) is 3.88. The topological polar surface area (TPSA) is 52.3 Å². The first kappa shape index (κ1) is 11.0. The summed E-state index contributed by atoms with van der Waals surface area (Å²) in [5.74, 6) is -0.663. The van der Waals surface area contributed by atoms with E-state index in [-0.39, 0.29) is 6.61 Å². The maximum atomic E-state index is 13.3. The largest absolute Gasteiger partial charge is 0.483 e. The molecule has 0 saturated heterocycles. The van der Waals surface area contributed by atoms with Crippen LogP contribution in [0.4, 0.5) is 4.39 Å². The number of hydrogen-bond acceptors (Lipinski definition) is 2. The van der Waals surface area contributed by atoms with Gasteiger partial charge in [-0.3, -0.25) is 4.79 Å². The molecule has 0 fully saturated rings. The van der Waals surface area contributed by atoms with Crippen LogP contribution in [0.5, 0.6) is 5.75 Å². The van der Waals surface area contributed by atoms with Crippen LogP contribution >= 0.6 is 15.9 Å². The van der Waals surface area contributed by atoms with Crippen LogP contribution in [0.1, 0.15) is 5.56 Å². The number of primary amides is 1. The second-order valence-electron chi connectivity index (χ2n) is 2.74. The molecule has 0 aromatic heterocycles. The molecule has 5 heteroatoms. The SMILES string of the molecule is Cc1c(OCC(N)=O)ccc(Br)c1F. The monoisotopic (exact) mass is 261 g/mol. The molecule has 0 heterocycles. The van der Waals surface area contributed by atoms with Crippen LogP contribution in [0.15, 0.2) is 16.6 Å². The molecule has 1 aromatic rings. The molecule has 0 unspecified atom stereocenters. The Morgan fingerprint density at radius 1 is 1.64 bits per heavy atom. The fourth-order valence-electron chi connectivity index (χ4n) is 0.940. The van der Waals surface area contributed by atoms with Crippen molar-refractivity contribution in [3.05, 3.63) is 28.0 Å². The van der Waals surface area contributed by atoms with Crippen LogP contribution < -0.4 is 10.5 Å². The van der Waals surface area contributed by atoms with E-state index in [0.29, 0.717) is 15.8 Å². The minimum Gasteiger partial charge on any atom is -0.483 e. The van der Waals surface area contributed by atoms with Crippen LogP contribution in [0.25, 0.3) is 0 Å². The summed E-state index contributed by atoms with van der Waals surface area (Å²) in [6, 6.07) is 3.09. The zero-order valence-corrected chi connectivity index (χ0v) is 9.10. The highest BCUT2D eigenvalue weighted by atomic mass is 79.9. The van der Waals surface area contributed by atoms with Crippen molar-refractivity contribution < 1.29 is 13.9 Å². The van der Waals surface area contributed by atoms with Gasteiger partial charge in [0, 0.05) is 5.56 Å². The molecule has 1 rings (SSSR count). The first-order valence-corrected chi connectivity index (χ1v) is 4.67. The summed E-state index contributed by atoms with van der Waals surface area (Å²) in [5, 5.41) is 0. The third kappa shape index (κ3) is 2.45. The molecule has 0 bridgehead atoms. The lowest BCUT2D eigenvalue weighted by atomic mass is 10.2. The zero-order valence-electron chi connectivity index (χ0n) is 7.51. The fourth-order valence-corrected chi connectivity index (χ4v) is 1.37. The minimum absolute atomic E-state index is 0.248. The van der Waals surface area contributed by atoms with Crippen LogP contribution in [-0.4, -0.2) is 12.5 Å². The predicted octanol–water partition coefficient (Wildman–Crippen LogP) is 1.76. The average Bonchev–Trinajstić information content (AvgIpc) is 2.13. The van der Waals surface area contributed by atoms with Gasteiger partial charge in [0.2, 0.25) is 0 Å². The Hall–Kier alpha value is -1.10. The summed E-state index contributed by atoms with van der Waals surface area (Å²) in [5.41, 5.74) is 5.24. The molecular formula is C9H9BrFNO2. The zero-order chi connectivity index (χ0) is 10.7. The summed E-state index contributed by atoms with van der Waals surface area (Å²) >= 11 is 3.04. The average molecular weight is 262 g/mol. The molecular weight excluding hydrogens is 253 g/mol. The number of amides is 1. The molecule has 76 valence electrons. The van der Waals surface area contributed by atoms with Crippen molar-refractivity contribution >= 4 is 21.8 Å². The van der Waals surface area contributed by atoms with Crippen LogP contribution in [0.2, 0.25) is 0 Å². The van der Waals surface area contributed by atoms with E-state index in [2.05, 4.69) is 15.9 Å². The van der Waals surface area contributed by atoms with Crippen molar-refractivity contribution in [2.75, 3.05) is 6.61 Å². The molecule has 0 aliphatic heterocycles. The predicted molar refractivity (Wildman–Crippen MR) is 53.5 cm³/mol. The van der Waals surface area contributed by atoms with Crippen molar-refractivity contribution in [2.45, 2.75) is 6.92 Å². The lowest BCUT2D eigenvalue weighted by molar-refractivity contribution is -0.119. The Bertz CT molecular complexity index is 368. The van der Waals surface area contributed by atoms with Crippen LogP contribution in [0, 0.1) is 12.7 Å². The summed E-state index contributed by atoms with van der Waals surface area (Å²) < 4.78 is 18.6. The Labute approximate surface area is 89.2 Å². The van der Waals surface area contributed by atoms with Gasteiger partial charge in [-0.05, 0) is 35.0 Å². The van der Waals surface area contributed by atoms with E-state index in [0.717, 1.165) is 0 Å². The Morgan fingerprint density at radius 3 is 2.86 bits per heavy atom. The van der Waals surface area contributed by atoms with Crippen molar-refractivity contribution in [1.82, 2.24) is 0 Å². The number of carbonyl (C=O) groups excluding carboxylic acids is 1. The smallest absolute Gasteiger partial charge is 0.255 e. The van der Waals surface area contributed by atoms with E-state index in [1.54, 1.807) is 13.0 Å². The van der Waals surface area contributed by atoms with Crippen molar-refractivity contribution in [3.8, 4) is 5.75 Å². The van der Waals surface area contributed by atoms with E-state index in [4.69, 9.17) is 10.5 Å². The molecule has 1 amide bonds. The summed E-state index contributed by atoms with van der Waals surface area (Å²) in [6.45, 7) is 1.32. The summed E-state index contributed by atoms with van der Waals surface area (Å²) in [7, 11) is 0. The molecule has 0 saturated carbocycles. The van der Waals surface area contributed by atoms with Gasteiger partial charge in [-0.2, -0.15) is 0 Å². The van der Waals surface area contributed by atoms with Gasteiger partial charge >= 0.3 is 0 Å². The summed E-state index contributed by atoms with van der Waals surface area (Å²) in [6.07, 6.45) is 0. The number of benzene rings is 1. The van der Waals surface area contributed by atoms with Gasteiger partial charge in [0.1, 0.15) is 11.6 Å². The van der Waals surface area contributed by atoms with E-state index in [1.165, 1.54) is 6.07 Å². The van der Waals surface area contributed by atoms with E-state index in [1.807, 2.05) is 0 Å². The van der Waals surface area contributed by atoms with Gasteiger partial charge in [0.15, 0.2) is 6.61 Å². The van der Waals surface area contributed by atoms with Gasteiger partial charge < -0.3 is 10.5 Å². The molecule has 0 aliphatic rings. The number of rotatable bonds is 3. The maximum Gasteiger partial charge on any atom is 0.255 e. The van der Waals surface area contributed by atoms with E-state index in [9.17, 15) is 9.18 Å². The molecule has 14 heavy (non-hydrogen) atoms. The lowest BCUT2D eigenvalue weighted by Crippen LogP contribution is -2.20. The second kappa shape index (κ2) is 4.41. The number of nitrogens with two attached hydrogens (primary N) is 1. The van der Waals surface area contributed by atoms with Crippen LogP contribution in [-0.2, 0) is 4.79 Å². The number of carbonyl (C=O) groups is 1. The summed E-state index contributed by atoms with van der Waals surface area (Å²) in [4.78, 5) is 10.4. The van der Waals surface area contributed by atoms with Gasteiger partial charge in [-0.1, -0.05) is 0 Å². The molecule has 3 nitrogen and oxygen atoms in total. The second-order valence-corrected chi connectivity index (χ2v) is 3.59. The fraction of sp³-hybridized carbons (Fsp3) is 0.222. The highest BCUT2D eigenvalue weighted by Gasteiger charge is 2.09. The number of halogens is 2. The normalized spacial score (nSPS) is 9.93. The molecule has 0 aliphatic carbocycles. The van der Waals surface area contributed by atoms with Gasteiger partial charge in [-0.15, -0.1) is 0 Å². The molecule has 0 radical (unpaired) electrons. The number of ether oxygens (including phenoxy) is 1. The number of hydrogen-bond donors (Lipinski definition) is 1. The van der Waals surface area contributed by atoms with E-state index < -0.39 is 11.7 Å². The molecule has 2 N–H and O–H groups in total. The highest BCUT2D eigenvalue weighted by molar-refractivity contribution is 9.10. The Morgan fingerprint density at radius 2 is 2.29 bits per heavy atom. The minimum atomic E-state index is -0.590.